The van der Waals surface area contributed by atoms with Gasteiger partial charge >= 0.3 is 6.09 Å². The lowest BCUT2D eigenvalue weighted by Gasteiger charge is -2.53. The minimum absolute atomic E-state index is 0.286. The fourth-order valence-electron chi connectivity index (χ4n) is 3.75. The van der Waals surface area contributed by atoms with Crippen LogP contribution in [0, 0.1) is 5.41 Å². The Morgan fingerprint density at radius 1 is 1.33 bits per heavy atom. The largest absolute Gasteiger partial charge is 0.490 e. The van der Waals surface area contributed by atoms with Gasteiger partial charge in [-0.05, 0) is 39.7 Å². The van der Waals surface area contributed by atoms with Crippen molar-refractivity contribution in [2.24, 2.45) is 5.41 Å². The molecule has 1 aromatic heterocycles. The molecule has 6 heteroatoms. The lowest BCUT2D eigenvalue weighted by atomic mass is 9.63. The van der Waals surface area contributed by atoms with Gasteiger partial charge in [0.2, 0.25) is 0 Å². The Morgan fingerprint density at radius 2 is 2.08 bits per heavy atom. The van der Waals surface area contributed by atoms with Crippen LogP contribution in [0.1, 0.15) is 44.9 Å². The molecule has 0 bridgehead atoms. The van der Waals surface area contributed by atoms with E-state index in [0.717, 1.165) is 42.9 Å². The molecule has 3 aliphatic rings. The number of nitrogens with one attached hydrogen (secondary N) is 1. The van der Waals surface area contributed by atoms with Crippen LogP contribution in [-0.2, 0) is 17.8 Å². The number of fused-ring (bicyclic) bond motifs is 1. The second kappa shape index (κ2) is 5.34. The molecule has 130 valence electrons. The lowest BCUT2D eigenvalue weighted by Crippen LogP contribution is -2.62. The Balaban J connectivity index is 1.41. The molecule has 0 radical (unpaired) electrons. The average molecular weight is 331 g/mol. The summed E-state index contributed by atoms with van der Waals surface area (Å²) in [6, 6.07) is 1.92. The van der Waals surface area contributed by atoms with Crippen LogP contribution in [0.15, 0.2) is 12.3 Å². The fourth-order valence-corrected chi connectivity index (χ4v) is 3.75. The van der Waals surface area contributed by atoms with E-state index in [1.165, 1.54) is 0 Å². The normalized spacial score (nSPS) is 21.9. The van der Waals surface area contributed by atoms with Crippen molar-refractivity contribution in [2.75, 3.05) is 13.1 Å². The summed E-state index contributed by atoms with van der Waals surface area (Å²) < 4.78 is 11.7. The van der Waals surface area contributed by atoms with Gasteiger partial charge in [0.15, 0.2) is 0 Å². The van der Waals surface area contributed by atoms with E-state index < -0.39 is 5.60 Å². The molecule has 1 saturated heterocycles. The van der Waals surface area contributed by atoms with Gasteiger partial charge in [0.05, 0.1) is 24.9 Å². The van der Waals surface area contributed by atoms with E-state index in [4.69, 9.17) is 9.47 Å². The SMILES string of the molecule is CC(C)(C)OC(=O)N1Cc2nccc(OC3CC4(CNC4)C3)c2C1. The molecule has 6 nitrogen and oxygen atoms in total. The third kappa shape index (κ3) is 2.83. The number of rotatable bonds is 2. The van der Waals surface area contributed by atoms with Crippen molar-refractivity contribution in [3.8, 4) is 5.75 Å². The van der Waals surface area contributed by atoms with Gasteiger partial charge in [-0.1, -0.05) is 0 Å². The monoisotopic (exact) mass is 331 g/mol. The molecule has 0 atom stereocenters. The Labute approximate surface area is 142 Å². The quantitative estimate of drug-likeness (QED) is 0.902. The first-order valence-electron chi connectivity index (χ1n) is 8.66. The summed E-state index contributed by atoms with van der Waals surface area (Å²) in [5.41, 5.74) is 1.94. The highest BCUT2D eigenvalue weighted by Gasteiger charge is 2.49. The maximum atomic E-state index is 12.3. The van der Waals surface area contributed by atoms with E-state index in [-0.39, 0.29) is 12.2 Å². The van der Waals surface area contributed by atoms with Crippen molar-refractivity contribution in [3.05, 3.63) is 23.5 Å². The fraction of sp³-hybridized carbons (Fsp3) is 0.667. The molecule has 0 unspecified atom stereocenters. The molecule has 0 aromatic carbocycles. The van der Waals surface area contributed by atoms with Crippen molar-refractivity contribution in [1.29, 1.82) is 0 Å². The zero-order valence-corrected chi connectivity index (χ0v) is 14.6. The first kappa shape index (κ1) is 15.7. The molecule has 1 saturated carbocycles. The van der Waals surface area contributed by atoms with Crippen LogP contribution in [0.3, 0.4) is 0 Å². The summed E-state index contributed by atoms with van der Waals surface area (Å²) in [4.78, 5) is 18.4. The average Bonchev–Trinajstić information content (AvgIpc) is 2.83. The van der Waals surface area contributed by atoms with E-state index >= 15 is 0 Å². The molecular formula is C18H25N3O3. The van der Waals surface area contributed by atoms with Gasteiger partial charge in [-0.25, -0.2) is 4.79 Å². The molecular weight excluding hydrogens is 306 g/mol. The Kier molecular flexibility index (Phi) is 3.49. The van der Waals surface area contributed by atoms with Crippen LogP contribution in [0.4, 0.5) is 4.79 Å². The summed E-state index contributed by atoms with van der Waals surface area (Å²) in [5, 5.41) is 3.34. The van der Waals surface area contributed by atoms with Gasteiger partial charge < -0.3 is 14.8 Å². The topological polar surface area (TPSA) is 63.7 Å². The van der Waals surface area contributed by atoms with Crippen molar-refractivity contribution < 1.29 is 14.3 Å². The number of carbonyl (C=O) groups is 1. The van der Waals surface area contributed by atoms with E-state index in [0.29, 0.717) is 18.5 Å². The molecule has 1 aromatic rings. The molecule has 24 heavy (non-hydrogen) atoms. The Morgan fingerprint density at radius 3 is 2.71 bits per heavy atom. The summed E-state index contributed by atoms with van der Waals surface area (Å²) in [5.74, 6) is 0.873. The van der Waals surface area contributed by atoms with E-state index in [1.54, 1.807) is 11.1 Å². The van der Waals surface area contributed by atoms with Gasteiger partial charge in [0.1, 0.15) is 11.4 Å². The van der Waals surface area contributed by atoms with E-state index in [1.807, 2.05) is 26.8 Å². The zero-order valence-electron chi connectivity index (χ0n) is 14.6. The third-order valence-electron chi connectivity index (χ3n) is 5.06. The number of pyridine rings is 1. The third-order valence-corrected chi connectivity index (χ3v) is 5.06. The van der Waals surface area contributed by atoms with Crippen molar-refractivity contribution in [1.82, 2.24) is 15.2 Å². The predicted molar refractivity (Wildman–Crippen MR) is 88.7 cm³/mol. The van der Waals surface area contributed by atoms with Gasteiger partial charge in [-0.3, -0.25) is 9.88 Å². The number of hydrogen-bond donors (Lipinski definition) is 1. The van der Waals surface area contributed by atoms with E-state index in [9.17, 15) is 4.79 Å². The Bertz CT molecular complexity index is 656. The highest BCUT2D eigenvalue weighted by atomic mass is 16.6. The summed E-state index contributed by atoms with van der Waals surface area (Å²) in [6.07, 6.45) is 4.00. The summed E-state index contributed by atoms with van der Waals surface area (Å²) in [7, 11) is 0. The maximum absolute atomic E-state index is 12.3. The van der Waals surface area contributed by atoms with Gasteiger partial charge in [-0.15, -0.1) is 0 Å². The molecule has 1 aliphatic carbocycles. The molecule has 4 rings (SSSR count). The smallest absolute Gasteiger partial charge is 0.410 e. The number of amides is 1. The Hall–Kier alpha value is -1.82. The van der Waals surface area contributed by atoms with Crippen molar-refractivity contribution in [3.63, 3.8) is 0 Å². The van der Waals surface area contributed by atoms with Crippen LogP contribution < -0.4 is 10.1 Å². The standard InChI is InChI=1S/C18H25N3O3/c1-17(2,3)24-16(22)21-8-13-14(9-21)20-5-4-15(13)23-12-6-18(7-12)10-19-11-18/h4-5,12,19H,6-11H2,1-3H3. The van der Waals surface area contributed by atoms with Crippen LogP contribution in [0.5, 0.6) is 5.75 Å². The van der Waals surface area contributed by atoms with Gasteiger partial charge in [-0.2, -0.15) is 0 Å². The molecule has 1 spiro atoms. The predicted octanol–water partition coefficient (Wildman–Crippen LogP) is 2.46. The van der Waals surface area contributed by atoms with E-state index in [2.05, 4.69) is 10.3 Å². The highest BCUT2D eigenvalue weighted by molar-refractivity contribution is 5.69. The number of aromatic nitrogens is 1. The van der Waals surface area contributed by atoms with Crippen LogP contribution >= 0.6 is 0 Å². The number of carbonyl (C=O) groups excluding carboxylic acids is 1. The van der Waals surface area contributed by atoms with Gasteiger partial charge in [0.25, 0.3) is 0 Å². The number of hydrogen-bond acceptors (Lipinski definition) is 5. The van der Waals surface area contributed by atoms with Crippen molar-refractivity contribution in [2.45, 2.75) is 58.4 Å². The maximum Gasteiger partial charge on any atom is 0.410 e. The number of nitrogens with zero attached hydrogens (tertiary/aromatic N) is 2. The summed E-state index contributed by atoms with van der Waals surface area (Å²) >= 11 is 0. The molecule has 2 fully saturated rings. The molecule has 2 aliphatic heterocycles. The first-order valence-corrected chi connectivity index (χ1v) is 8.66. The molecule has 1 N–H and O–H groups in total. The van der Waals surface area contributed by atoms with Gasteiger partial charge in [0, 0.05) is 30.3 Å². The molecule has 3 heterocycles. The summed E-state index contributed by atoms with van der Waals surface area (Å²) in [6.45, 7) is 8.86. The first-order chi connectivity index (χ1) is 11.3. The molecule has 1 amide bonds. The lowest BCUT2D eigenvalue weighted by molar-refractivity contribution is -0.0499. The zero-order chi connectivity index (χ0) is 16.9. The number of ether oxygens (including phenoxy) is 2. The second-order valence-corrected chi connectivity index (χ2v) is 8.32. The highest BCUT2D eigenvalue weighted by Crippen LogP contribution is 2.46. The minimum Gasteiger partial charge on any atom is -0.490 e. The minimum atomic E-state index is -0.490. The van der Waals surface area contributed by atoms with Crippen molar-refractivity contribution >= 4 is 6.09 Å². The van der Waals surface area contributed by atoms with Crippen LogP contribution in [-0.4, -0.2) is 40.8 Å². The second-order valence-electron chi connectivity index (χ2n) is 8.32. The van der Waals surface area contributed by atoms with Crippen LogP contribution in [0.25, 0.3) is 0 Å². The van der Waals surface area contributed by atoms with Crippen LogP contribution in [0.2, 0.25) is 0 Å².